The Bertz CT molecular complexity index is 1010. The highest BCUT2D eigenvalue weighted by molar-refractivity contribution is 5.98. The Hall–Kier alpha value is -3.30. The molecule has 0 aliphatic carbocycles. The first-order valence-corrected chi connectivity index (χ1v) is 7.94. The van der Waals surface area contributed by atoms with Crippen LogP contribution in [0.4, 0.5) is 20.2 Å². The molecule has 10 heteroatoms. The second kappa shape index (κ2) is 6.78. The van der Waals surface area contributed by atoms with Crippen LogP contribution in [0.25, 0.3) is 0 Å². The maximum atomic E-state index is 14.8. The number of anilines is 2. The molecule has 2 aromatic rings. The molecule has 3 rings (SSSR count). The number of ether oxygens (including phenoxy) is 1. The first kappa shape index (κ1) is 18.5. The van der Waals surface area contributed by atoms with Crippen molar-refractivity contribution in [3.05, 3.63) is 49.8 Å². The zero-order chi connectivity index (χ0) is 19.9. The van der Waals surface area contributed by atoms with Crippen LogP contribution in [-0.4, -0.2) is 41.6 Å². The van der Waals surface area contributed by atoms with Gasteiger partial charge in [0.1, 0.15) is 23.1 Å². The van der Waals surface area contributed by atoms with Gasteiger partial charge in [-0.3, -0.25) is 14.4 Å². The highest BCUT2D eigenvalue weighted by Gasteiger charge is 2.37. The summed E-state index contributed by atoms with van der Waals surface area (Å²) >= 11 is 0. The van der Waals surface area contributed by atoms with Crippen LogP contribution >= 0.6 is 0 Å². The number of carbonyl (C=O) groups excluding carboxylic acids is 1. The van der Waals surface area contributed by atoms with Gasteiger partial charge in [0, 0.05) is 6.54 Å². The van der Waals surface area contributed by atoms with E-state index in [4.69, 9.17) is 9.84 Å². The number of rotatable bonds is 5. The van der Waals surface area contributed by atoms with Crippen molar-refractivity contribution in [2.75, 3.05) is 19.0 Å². The third kappa shape index (κ3) is 2.92. The average Bonchev–Trinajstić information content (AvgIpc) is 3.13. The largest absolute Gasteiger partial charge is 0.491 e. The molecule has 1 atom stereocenters. The maximum absolute atomic E-state index is 14.8. The molecule has 0 bridgehead atoms. The molecule has 8 nitrogen and oxygen atoms in total. The fourth-order valence-corrected chi connectivity index (χ4v) is 3.07. The monoisotopic (exact) mass is 380 g/mol. The van der Waals surface area contributed by atoms with Crippen molar-refractivity contribution in [2.24, 2.45) is 0 Å². The summed E-state index contributed by atoms with van der Waals surface area (Å²) in [5, 5.41) is 11.5. The summed E-state index contributed by atoms with van der Waals surface area (Å²) in [7, 11) is 1.15. The molecule has 142 valence electrons. The number of methoxy groups -OCH3 is 1. The minimum Gasteiger partial charge on any atom is -0.491 e. The molecule has 0 unspecified atom stereocenters. The molecule has 1 aliphatic heterocycles. The second-order valence-corrected chi connectivity index (χ2v) is 5.97. The van der Waals surface area contributed by atoms with Gasteiger partial charge < -0.3 is 20.1 Å². The number of benzene rings is 1. The topological polar surface area (TPSA) is 113 Å². The minimum absolute atomic E-state index is 0.0539. The summed E-state index contributed by atoms with van der Waals surface area (Å²) in [6.45, 7) is 0.0539. The highest BCUT2D eigenvalue weighted by atomic mass is 19.1. The predicted molar refractivity (Wildman–Crippen MR) is 89.2 cm³/mol. The van der Waals surface area contributed by atoms with E-state index >= 15 is 0 Å². The van der Waals surface area contributed by atoms with Gasteiger partial charge in [-0.1, -0.05) is 0 Å². The van der Waals surface area contributed by atoms with Gasteiger partial charge in [-0.15, -0.1) is 0 Å². The van der Waals surface area contributed by atoms with Gasteiger partial charge in [0.15, 0.2) is 11.6 Å². The minimum atomic E-state index is -1.30. The Balaban J connectivity index is 1.98. The molecule has 2 N–H and O–H groups in total. The number of amides is 1. The van der Waals surface area contributed by atoms with Crippen molar-refractivity contribution in [2.45, 2.75) is 18.9 Å². The molecule has 2 aromatic carbocycles. The number of halogens is 2. The Morgan fingerprint density at radius 2 is 1.96 bits per heavy atom. The second-order valence-electron chi connectivity index (χ2n) is 5.97. The molecule has 0 radical (unpaired) electrons. The molecule has 1 fully saturated rings. The molecule has 1 heterocycles. The number of carbonyl (C=O) groups is 2. The van der Waals surface area contributed by atoms with Crippen molar-refractivity contribution < 1.29 is 28.2 Å². The van der Waals surface area contributed by atoms with E-state index in [0.717, 1.165) is 24.1 Å². The Labute approximate surface area is 150 Å². The summed E-state index contributed by atoms with van der Waals surface area (Å²) < 4.78 is 33.7. The summed E-state index contributed by atoms with van der Waals surface area (Å²) in [5.74, 6) is -5.14. The van der Waals surface area contributed by atoms with Crippen molar-refractivity contribution in [1.82, 2.24) is 4.90 Å². The summed E-state index contributed by atoms with van der Waals surface area (Å²) in [6, 6.07) is 0.598. The number of aliphatic carboxylic acids is 1. The number of likely N-dealkylation sites (tertiary alicyclic amines) is 1. The zero-order valence-corrected chi connectivity index (χ0v) is 14.0. The summed E-state index contributed by atoms with van der Waals surface area (Å²) in [4.78, 5) is 47.6. The van der Waals surface area contributed by atoms with E-state index in [-0.39, 0.29) is 24.4 Å². The quantitative estimate of drug-likeness (QED) is 0.744. The summed E-state index contributed by atoms with van der Waals surface area (Å²) in [5.41, 5.74) is -3.49. The van der Waals surface area contributed by atoms with E-state index in [0.29, 0.717) is 6.42 Å². The third-order valence-electron chi connectivity index (χ3n) is 4.43. The summed E-state index contributed by atoms with van der Waals surface area (Å²) in [6.07, 6.45) is 0.577. The van der Waals surface area contributed by atoms with E-state index in [9.17, 15) is 28.0 Å². The molecule has 1 saturated heterocycles. The molecule has 1 amide bonds. The van der Waals surface area contributed by atoms with Crippen LogP contribution in [0.2, 0.25) is 0 Å². The fourth-order valence-electron chi connectivity index (χ4n) is 3.07. The number of carboxylic acids is 1. The average molecular weight is 380 g/mol. The third-order valence-corrected chi connectivity index (χ3v) is 4.43. The van der Waals surface area contributed by atoms with Crippen molar-refractivity contribution in [3.63, 3.8) is 0 Å². The van der Waals surface area contributed by atoms with E-state index in [1.54, 1.807) is 0 Å². The predicted octanol–water partition coefficient (Wildman–Crippen LogP) is 1.00. The Kier molecular flexibility index (Phi) is 4.64. The Morgan fingerprint density at radius 1 is 1.26 bits per heavy atom. The number of nitrogens with zero attached hydrogens (tertiary/aromatic N) is 1. The zero-order valence-electron chi connectivity index (χ0n) is 14.0. The first-order valence-electron chi connectivity index (χ1n) is 7.94. The first-order chi connectivity index (χ1) is 12.8. The molecule has 0 spiro atoms. The van der Waals surface area contributed by atoms with Gasteiger partial charge in [-0.25, -0.2) is 13.6 Å². The van der Waals surface area contributed by atoms with E-state index in [1.807, 2.05) is 0 Å². The van der Waals surface area contributed by atoms with Gasteiger partial charge >= 0.3 is 5.97 Å². The molecule has 0 aromatic heterocycles. The lowest BCUT2D eigenvalue weighted by Gasteiger charge is -2.22. The van der Waals surface area contributed by atoms with Gasteiger partial charge in [-0.2, -0.15) is 0 Å². The standard InChI is InChI=1S/C17H14F2N2O6/c1-27-15-12(13(22)14(15)23)20-8-5-4-7(18)10(11(8)19)16(24)21-6-2-3-9(21)17(25)26/h4-5,9,20H,2-3,6H2,1H3,(H,25,26)/t9-/m0/s1. The van der Waals surface area contributed by atoms with Gasteiger partial charge in [0.25, 0.3) is 16.8 Å². The number of hydrogen-bond donors (Lipinski definition) is 2. The molecular weight excluding hydrogens is 366 g/mol. The lowest BCUT2D eigenvalue weighted by molar-refractivity contribution is -0.141. The van der Waals surface area contributed by atoms with Gasteiger partial charge in [0.2, 0.25) is 0 Å². The molecule has 1 aliphatic rings. The van der Waals surface area contributed by atoms with Gasteiger partial charge in [0.05, 0.1) is 12.8 Å². The van der Waals surface area contributed by atoms with E-state index in [2.05, 4.69) is 5.32 Å². The van der Waals surface area contributed by atoms with Crippen LogP contribution in [-0.2, 0) is 4.79 Å². The van der Waals surface area contributed by atoms with Crippen LogP contribution in [0.1, 0.15) is 23.2 Å². The smallest absolute Gasteiger partial charge is 0.326 e. The van der Waals surface area contributed by atoms with Crippen molar-refractivity contribution >= 4 is 23.3 Å². The molecule has 0 saturated carbocycles. The molecule has 27 heavy (non-hydrogen) atoms. The lowest BCUT2D eigenvalue weighted by Crippen LogP contribution is -2.41. The number of carboxylic acid groups (broad SMARTS) is 1. The SMILES string of the molecule is COc1c(Nc2ccc(F)c(C(=O)N3CCC[C@H]3C(=O)O)c2F)c(=O)c1=O. The number of hydrogen-bond acceptors (Lipinski definition) is 6. The molecular formula is C17H14F2N2O6. The van der Waals surface area contributed by atoms with Crippen molar-refractivity contribution in [3.8, 4) is 5.75 Å². The Morgan fingerprint density at radius 3 is 2.59 bits per heavy atom. The van der Waals surface area contributed by atoms with Crippen LogP contribution in [0.5, 0.6) is 5.75 Å². The van der Waals surface area contributed by atoms with E-state index < -0.39 is 51.7 Å². The van der Waals surface area contributed by atoms with Crippen molar-refractivity contribution in [1.29, 1.82) is 0 Å². The normalized spacial score (nSPS) is 16.6. The fraction of sp³-hybridized carbons (Fsp3) is 0.294. The van der Waals surface area contributed by atoms with Gasteiger partial charge in [-0.05, 0) is 25.0 Å². The van der Waals surface area contributed by atoms with Crippen LogP contribution < -0.4 is 20.9 Å². The van der Waals surface area contributed by atoms with Crippen LogP contribution in [0.3, 0.4) is 0 Å². The lowest BCUT2D eigenvalue weighted by atomic mass is 10.1. The highest BCUT2D eigenvalue weighted by Crippen LogP contribution is 2.29. The van der Waals surface area contributed by atoms with Crippen LogP contribution in [0, 0.1) is 11.6 Å². The van der Waals surface area contributed by atoms with Crippen LogP contribution in [0.15, 0.2) is 21.7 Å². The van der Waals surface area contributed by atoms with E-state index in [1.165, 1.54) is 0 Å². The number of nitrogens with one attached hydrogen (secondary N) is 1. The maximum Gasteiger partial charge on any atom is 0.326 e.